The molecule has 0 aliphatic rings. The highest BCUT2D eigenvalue weighted by Crippen LogP contribution is 2.24. The van der Waals surface area contributed by atoms with Crippen molar-refractivity contribution in [3.8, 4) is 11.3 Å². The van der Waals surface area contributed by atoms with Crippen molar-refractivity contribution in [1.82, 2.24) is 8.97 Å². The summed E-state index contributed by atoms with van der Waals surface area (Å²) in [5.74, 6) is 0. The second-order valence-electron chi connectivity index (χ2n) is 4.56. The molecule has 0 spiro atoms. The minimum Gasteiger partial charge on any atom is -0.348 e. The first-order valence-electron chi connectivity index (χ1n) is 5.88. The molecule has 3 heteroatoms. The second-order valence-corrected chi connectivity index (χ2v) is 4.56. The van der Waals surface area contributed by atoms with E-state index in [1.807, 2.05) is 22.7 Å². The monoisotopic (exact) mass is 238 g/mol. The average molecular weight is 238 g/mol. The molecular weight excluding hydrogens is 224 g/mol. The summed E-state index contributed by atoms with van der Waals surface area (Å²) >= 11 is 0. The van der Waals surface area contributed by atoms with Gasteiger partial charge in [0.2, 0.25) is 0 Å². The van der Waals surface area contributed by atoms with E-state index in [0.717, 1.165) is 17.4 Å². The van der Waals surface area contributed by atoms with E-state index in [9.17, 15) is 4.79 Å². The summed E-state index contributed by atoms with van der Waals surface area (Å²) < 4.78 is 4.19. The maximum Gasteiger partial charge on any atom is 0.150 e. The molecule has 3 nitrogen and oxygen atoms in total. The van der Waals surface area contributed by atoms with E-state index in [0.29, 0.717) is 5.56 Å². The number of aryl methyl sites for hydroxylation is 1. The number of hydrogen-bond donors (Lipinski definition) is 0. The van der Waals surface area contributed by atoms with Gasteiger partial charge in [-0.2, -0.15) is 0 Å². The van der Waals surface area contributed by atoms with Crippen LogP contribution in [0.15, 0.2) is 42.7 Å². The molecule has 0 atom stereocenters. The van der Waals surface area contributed by atoms with Crippen molar-refractivity contribution in [3.63, 3.8) is 0 Å². The Bertz CT molecular complexity index is 734. The highest BCUT2D eigenvalue weighted by molar-refractivity contribution is 5.79. The second kappa shape index (κ2) is 3.88. The Balaban J connectivity index is 2.19. The number of aldehydes is 1. The number of aromatic nitrogens is 2. The number of hydrogen-bond acceptors (Lipinski definition) is 1. The van der Waals surface area contributed by atoms with Crippen LogP contribution in [0.1, 0.15) is 16.1 Å². The standard InChI is InChI=1S/C15H14N2O/c1-11-3-4-15(16(11)2)13-8-14-7-12(10-18)5-6-17(14)9-13/h3-10H,1-2H3. The lowest BCUT2D eigenvalue weighted by atomic mass is 10.2. The zero-order valence-electron chi connectivity index (χ0n) is 10.4. The molecule has 0 saturated carbocycles. The third kappa shape index (κ3) is 1.56. The molecule has 3 aromatic heterocycles. The van der Waals surface area contributed by atoms with Crippen molar-refractivity contribution in [2.45, 2.75) is 6.92 Å². The first-order valence-corrected chi connectivity index (χ1v) is 5.88. The van der Waals surface area contributed by atoms with E-state index in [1.165, 1.54) is 11.4 Å². The number of nitrogens with zero attached hydrogens (tertiary/aromatic N) is 2. The zero-order valence-corrected chi connectivity index (χ0v) is 10.4. The molecule has 0 bridgehead atoms. The van der Waals surface area contributed by atoms with Gasteiger partial charge in [-0.1, -0.05) is 0 Å². The minimum atomic E-state index is 0.704. The first kappa shape index (κ1) is 10.8. The molecule has 18 heavy (non-hydrogen) atoms. The fraction of sp³-hybridized carbons (Fsp3) is 0.133. The van der Waals surface area contributed by atoms with Gasteiger partial charge in [0.05, 0.1) is 0 Å². The summed E-state index contributed by atoms with van der Waals surface area (Å²) in [7, 11) is 2.06. The topological polar surface area (TPSA) is 26.4 Å². The number of carbonyl (C=O) groups is 1. The van der Waals surface area contributed by atoms with Crippen LogP contribution in [-0.4, -0.2) is 15.3 Å². The maximum absolute atomic E-state index is 10.8. The summed E-state index contributed by atoms with van der Waals surface area (Å²) in [5, 5.41) is 0. The Morgan fingerprint density at radius 1 is 1.17 bits per heavy atom. The normalized spacial score (nSPS) is 11.0. The average Bonchev–Trinajstić information content (AvgIpc) is 2.93. The summed E-state index contributed by atoms with van der Waals surface area (Å²) in [6, 6.07) is 10.0. The molecule has 0 aliphatic carbocycles. The van der Waals surface area contributed by atoms with E-state index >= 15 is 0 Å². The Morgan fingerprint density at radius 2 is 2.00 bits per heavy atom. The predicted octanol–water partition coefficient (Wildman–Crippen LogP) is 3.07. The van der Waals surface area contributed by atoms with Gasteiger partial charge in [0.1, 0.15) is 6.29 Å². The first-order chi connectivity index (χ1) is 8.69. The highest BCUT2D eigenvalue weighted by Gasteiger charge is 2.07. The van der Waals surface area contributed by atoms with E-state index in [1.54, 1.807) is 0 Å². The highest BCUT2D eigenvalue weighted by atomic mass is 16.1. The van der Waals surface area contributed by atoms with E-state index in [4.69, 9.17) is 0 Å². The predicted molar refractivity (Wildman–Crippen MR) is 71.9 cm³/mol. The molecule has 3 aromatic rings. The van der Waals surface area contributed by atoms with Crippen LogP contribution in [-0.2, 0) is 7.05 Å². The van der Waals surface area contributed by atoms with E-state index in [2.05, 4.69) is 42.9 Å². The molecule has 0 aromatic carbocycles. The third-order valence-electron chi connectivity index (χ3n) is 3.43. The molecule has 0 radical (unpaired) electrons. The molecule has 90 valence electrons. The van der Waals surface area contributed by atoms with Crippen LogP contribution in [0.3, 0.4) is 0 Å². The van der Waals surface area contributed by atoms with Gasteiger partial charge in [0.25, 0.3) is 0 Å². The fourth-order valence-corrected chi connectivity index (χ4v) is 2.24. The molecule has 0 unspecified atom stereocenters. The van der Waals surface area contributed by atoms with Gasteiger partial charge in [0.15, 0.2) is 0 Å². The molecule has 3 rings (SSSR count). The van der Waals surface area contributed by atoms with Gasteiger partial charge in [-0.05, 0) is 37.3 Å². The van der Waals surface area contributed by atoms with Crippen molar-refractivity contribution < 1.29 is 4.79 Å². The van der Waals surface area contributed by atoms with Gasteiger partial charge in [-0.3, -0.25) is 4.79 Å². The van der Waals surface area contributed by atoms with Gasteiger partial charge in [-0.25, -0.2) is 0 Å². The van der Waals surface area contributed by atoms with Crippen LogP contribution in [0.2, 0.25) is 0 Å². The Kier molecular flexibility index (Phi) is 2.33. The molecule has 3 heterocycles. The molecule has 0 fully saturated rings. The zero-order chi connectivity index (χ0) is 12.7. The minimum absolute atomic E-state index is 0.704. The summed E-state index contributed by atoms with van der Waals surface area (Å²) in [6.45, 7) is 2.09. The number of pyridine rings is 1. The maximum atomic E-state index is 10.8. The van der Waals surface area contributed by atoms with Crippen LogP contribution >= 0.6 is 0 Å². The van der Waals surface area contributed by atoms with Crippen LogP contribution < -0.4 is 0 Å². The summed E-state index contributed by atoms with van der Waals surface area (Å²) in [5.41, 5.74) is 5.31. The third-order valence-corrected chi connectivity index (χ3v) is 3.43. The molecule has 0 saturated heterocycles. The van der Waals surface area contributed by atoms with Crippen LogP contribution in [0.5, 0.6) is 0 Å². The smallest absolute Gasteiger partial charge is 0.150 e. The van der Waals surface area contributed by atoms with Crippen molar-refractivity contribution in [2.75, 3.05) is 0 Å². The summed E-state index contributed by atoms with van der Waals surface area (Å²) in [6.07, 6.45) is 4.87. The van der Waals surface area contributed by atoms with Gasteiger partial charge < -0.3 is 8.97 Å². The fourth-order valence-electron chi connectivity index (χ4n) is 2.24. The lowest BCUT2D eigenvalue weighted by Crippen LogP contribution is -1.92. The van der Waals surface area contributed by atoms with Gasteiger partial charge >= 0.3 is 0 Å². The van der Waals surface area contributed by atoms with Gasteiger partial charge in [0, 0.05) is 47.5 Å². The number of fused-ring (bicyclic) bond motifs is 1. The SMILES string of the molecule is Cc1ccc(-c2cc3cc(C=O)ccn3c2)n1C. The van der Waals surface area contributed by atoms with Crippen LogP contribution in [0, 0.1) is 6.92 Å². The Hall–Kier alpha value is -2.29. The Morgan fingerprint density at radius 3 is 2.67 bits per heavy atom. The number of rotatable bonds is 2. The summed E-state index contributed by atoms with van der Waals surface area (Å²) in [4.78, 5) is 10.8. The molecular formula is C15H14N2O. The van der Waals surface area contributed by atoms with Crippen LogP contribution in [0.4, 0.5) is 0 Å². The van der Waals surface area contributed by atoms with Crippen molar-refractivity contribution in [3.05, 3.63) is 54.0 Å². The lowest BCUT2D eigenvalue weighted by Gasteiger charge is -2.01. The lowest BCUT2D eigenvalue weighted by molar-refractivity contribution is 0.112. The van der Waals surface area contributed by atoms with E-state index in [-0.39, 0.29) is 0 Å². The molecule has 0 amide bonds. The quantitative estimate of drug-likeness (QED) is 0.630. The van der Waals surface area contributed by atoms with Crippen molar-refractivity contribution in [2.24, 2.45) is 7.05 Å². The Labute approximate surface area is 105 Å². The van der Waals surface area contributed by atoms with Crippen molar-refractivity contribution in [1.29, 1.82) is 0 Å². The van der Waals surface area contributed by atoms with Crippen molar-refractivity contribution >= 4 is 11.8 Å². The van der Waals surface area contributed by atoms with Crippen LogP contribution in [0.25, 0.3) is 16.8 Å². The number of carbonyl (C=O) groups excluding carboxylic acids is 1. The molecule has 0 N–H and O–H groups in total. The van der Waals surface area contributed by atoms with Gasteiger partial charge in [-0.15, -0.1) is 0 Å². The molecule has 0 aliphatic heterocycles. The largest absolute Gasteiger partial charge is 0.348 e. The van der Waals surface area contributed by atoms with E-state index < -0.39 is 0 Å².